The van der Waals surface area contributed by atoms with Crippen LogP contribution in [-0.2, 0) is 0 Å². The van der Waals surface area contributed by atoms with Crippen LogP contribution in [0.5, 0.6) is 11.5 Å². The first-order valence-corrected chi connectivity index (χ1v) is 17.5. The molecule has 16 heteroatoms. The Hall–Kier alpha value is -7.62. The summed E-state index contributed by atoms with van der Waals surface area (Å²) < 4.78 is 152. The van der Waals surface area contributed by atoms with Gasteiger partial charge in [0.05, 0.1) is 33.9 Å². The highest BCUT2D eigenvalue weighted by atomic mass is 19.2. The smallest absolute Gasteiger partial charge is 0.200 e. The van der Waals surface area contributed by atoms with Gasteiger partial charge in [0.25, 0.3) is 0 Å². The third-order valence-electron chi connectivity index (χ3n) is 10.0. The molecule has 0 saturated heterocycles. The third kappa shape index (κ3) is 5.73. The zero-order valence-electron chi connectivity index (χ0n) is 29.8. The lowest BCUT2D eigenvalue weighted by atomic mass is 10.0. The Kier molecular flexibility index (Phi) is 8.87. The van der Waals surface area contributed by atoms with Crippen LogP contribution in [0.25, 0.3) is 90.9 Å². The van der Waals surface area contributed by atoms with Gasteiger partial charge in [-0.1, -0.05) is 36.4 Å². The third-order valence-corrected chi connectivity index (χ3v) is 10.0. The number of nitrogens with one attached hydrogen (secondary N) is 2. The molecular formula is C44H20F10N4O2. The number of hydrogen-bond acceptors (Lipinski definition) is 4. The molecule has 2 aliphatic rings. The molecule has 0 radical (unpaired) electrons. The number of H-pyrrole nitrogens is 2. The average Bonchev–Trinajstić information content (AvgIpc) is 4.09. The Balaban J connectivity index is 1.55. The molecule has 9 rings (SSSR count). The number of rotatable bonds is 4. The van der Waals surface area contributed by atoms with E-state index in [4.69, 9.17) is 0 Å². The molecule has 4 N–H and O–H groups in total. The molecule has 4 aromatic carbocycles. The highest BCUT2D eigenvalue weighted by molar-refractivity contribution is 6.01. The monoisotopic (exact) mass is 826 g/mol. The summed E-state index contributed by atoms with van der Waals surface area (Å²) in [7, 11) is 0. The molecular weight excluding hydrogens is 806 g/mol. The second kappa shape index (κ2) is 14.0. The Labute approximate surface area is 329 Å². The lowest BCUT2D eigenvalue weighted by Crippen LogP contribution is -2.05. The van der Waals surface area contributed by atoms with E-state index < -0.39 is 80.4 Å². The minimum atomic E-state index is -2.40. The van der Waals surface area contributed by atoms with Crippen LogP contribution in [0.2, 0.25) is 0 Å². The highest BCUT2D eigenvalue weighted by Gasteiger charge is 2.32. The van der Waals surface area contributed by atoms with E-state index in [1.807, 2.05) is 0 Å². The lowest BCUT2D eigenvalue weighted by Gasteiger charge is -2.11. The van der Waals surface area contributed by atoms with Crippen molar-refractivity contribution in [3.8, 4) is 56.0 Å². The van der Waals surface area contributed by atoms with E-state index in [-0.39, 0.29) is 78.6 Å². The molecule has 0 amide bonds. The highest BCUT2D eigenvalue weighted by Crippen LogP contribution is 2.43. The topological polar surface area (TPSA) is 97.8 Å². The van der Waals surface area contributed by atoms with Gasteiger partial charge in [0, 0.05) is 55.4 Å². The van der Waals surface area contributed by atoms with Crippen LogP contribution < -0.4 is 0 Å². The van der Waals surface area contributed by atoms with Crippen molar-refractivity contribution in [2.45, 2.75) is 0 Å². The first kappa shape index (κ1) is 37.9. The summed E-state index contributed by atoms with van der Waals surface area (Å²) >= 11 is 0. The molecule has 0 aliphatic carbocycles. The molecule has 3 aromatic heterocycles. The summed E-state index contributed by atoms with van der Waals surface area (Å²) in [4.78, 5) is 14.9. The van der Waals surface area contributed by atoms with Crippen molar-refractivity contribution in [1.29, 1.82) is 0 Å². The van der Waals surface area contributed by atoms with Gasteiger partial charge in [-0.05, 0) is 60.7 Å². The van der Waals surface area contributed by atoms with Crippen LogP contribution in [0.3, 0.4) is 0 Å². The number of phenols is 2. The number of phenolic OH excluding ortho intramolecular Hbond substituents is 2. The molecule has 2 aliphatic heterocycles. The van der Waals surface area contributed by atoms with Crippen LogP contribution in [-0.4, -0.2) is 30.1 Å². The quantitative estimate of drug-likeness (QED) is 0.0807. The molecule has 60 heavy (non-hydrogen) atoms. The van der Waals surface area contributed by atoms with Crippen LogP contribution in [0.4, 0.5) is 43.9 Å². The van der Waals surface area contributed by atoms with Crippen molar-refractivity contribution in [3.63, 3.8) is 0 Å². The lowest BCUT2D eigenvalue weighted by molar-refractivity contribution is 0.381. The molecule has 7 aromatic rings. The van der Waals surface area contributed by atoms with Crippen molar-refractivity contribution in [3.05, 3.63) is 154 Å². The Morgan fingerprint density at radius 3 is 0.900 bits per heavy atom. The Morgan fingerprint density at radius 2 is 0.583 bits per heavy atom. The maximum Gasteiger partial charge on any atom is 0.200 e. The van der Waals surface area contributed by atoms with Gasteiger partial charge in [0.1, 0.15) is 11.5 Å². The summed E-state index contributed by atoms with van der Waals surface area (Å²) in [6.45, 7) is 0. The van der Waals surface area contributed by atoms with Gasteiger partial charge in [0.15, 0.2) is 46.5 Å². The minimum Gasteiger partial charge on any atom is -0.507 e. The van der Waals surface area contributed by atoms with Gasteiger partial charge in [-0.3, -0.25) is 0 Å². The van der Waals surface area contributed by atoms with E-state index in [0.717, 1.165) is 0 Å². The number of aromatic nitrogens is 4. The van der Waals surface area contributed by atoms with Gasteiger partial charge in [-0.2, -0.15) is 0 Å². The predicted molar refractivity (Wildman–Crippen MR) is 204 cm³/mol. The van der Waals surface area contributed by atoms with Crippen molar-refractivity contribution in [1.82, 2.24) is 19.9 Å². The maximum absolute atomic E-state index is 15.8. The number of aromatic hydroxyl groups is 2. The molecule has 0 spiro atoms. The standard InChI is InChI=1S/C44H20F10N4O2/c45-35-33(36(46)40(50)43(53)39(35)49)31-23-13-9-19(55-23)29(17-5-1-3-7-27(17)59)20-10-14-24(56-20)32(34-37(47)41(51)44(54)42(52)38(34)48)26-16-12-22(58-26)30(21-11-15-25(31)57-21)18-6-2-4-8-28(18)60/h1-16,55,58-60H. The molecule has 8 bridgehead atoms. The maximum atomic E-state index is 15.8. The average molecular weight is 827 g/mol. The normalized spacial score (nSPS) is 12.2. The molecule has 298 valence electrons. The SMILES string of the molecule is Oc1ccccc1-c1c2nc(c(-c3c(F)c(F)c(F)c(F)c3F)c3ccc([nH]3)c(-c3ccccc3O)c3nc(c(-c4c(F)c(F)c(F)c(F)c4F)c4ccc1[nH]4)C=C3)C=C2. The van der Waals surface area contributed by atoms with Crippen LogP contribution in [0, 0.1) is 58.2 Å². The summed E-state index contributed by atoms with van der Waals surface area (Å²) in [6, 6.07) is 16.5. The predicted octanol–water partition coefficient (Wildman–Crippen LogP) is 12.1. The van der Waals surface area contributed by atoms with Crippen molar-refractivity contribution in [2.75, 3.05) is 0 Å². The second-order valence-corrected chi connectivity index (χ2v) is 13.4. The fourth-order valence-electron chi connectivity index (χ4n) is 7.32. The number of para-hydroxylation sites is 2. The van der Waals surface area contributed by atoms with Crippen LogP contribution in [0.1, 0.15) is 22.8 Å². The second-order valence-electron chi connectivity index (χ2n) is 13.4. The first-order valence-electron chi connectivity index (χ1n) is 17.5. The van der Waals surface area contributed by atoms with Crippen molar-refractivity contribution >= 4 is 46.4 Å². The van der Waals surface area contributed by atoms with E-state index in [1.54, 1.807) is 0 Å². The molecule has 0 unspecified atom stereocenters. The van der Waals surface area contributed by atoms with Gasteiger partial charge >= 0.3 is 0 Å². The summed E-state index contributed by atoms with van der Waals surface area (Å²) in [5.74, 6) is -23.2. The number of hydrogen-bond donors (Lipinski definition) is 4. The fraction of sp³-hybridized carbons (Fsp3) is 0. The van der Waals surface area contributed by atoms with E-state index in [0.29, 0.717) is 0 Å². The molecule has 6 nitrogen and oxygen atoms in total. The molecule has 0 atom stereocenters. The number of fused-ring (bicyclic) bond motifs is 8. The molecule has 0 saturated carbocycles. The van der Waals surface area contributed by atoms with E-state index >= 15 is 17.6 Å². The zero-order chi connectivity index (χ0) is 42.3. The van der Waals surface area contributed by atoms with Crippen LogP contribution >= 0.6 is 0 Å². The largest absolute Gasteiger partial charge is 0.507 e. The van der Waals surface area contributed by atoms with Gasteiger partial charge in [-0.25, -0.2) is 53.9 Å². The molecule has 5 heterocycles. The zero-order valence-corrected chi connectivity index (χ0v) is 29.8. The van der Waals surface area contributed by atoms with E-state index in [2.05, 4.69) is 19.9 Å². The van der Waals surface area contributed by atoms with Gasteiger partial charge < -0.3 is 20.2 Å². The minimum absolute atomic E-state index is 0.00204. The number of halogens is 10. The molecule has 0 fully saturated rings. The van der Waals surface area contributed by atoms with Crippen molar-refractivity contribution in [2.24, 2.45) is 0 Å². The van der Waals surface area contributed by atoms with Gasteiger partial charge in [-0.15, -0.1) is 0 Å². The van der Waals surface area contributed by atoms with Gasteiger partial charge in [0.2, 0.25) is 11.6 Å². The van der Waals surface area contributed by atoms with Crippen molar-refractivity contribution < 1.29 is 54.1 Å². The summed E-state index contributed by atoms with van der Waals surface area (Å²) in [5.41, 5.74) is -5.21. The number of aromatic amines is 2. The first-order chi connectivity index (χ1) is 28.8. The number of benzene rings is 4. The van der Waals surface area contributed by atoms with E-state index in [9.17, 15) is 36.6 Å². The van der Waals surface area contributed by atoms with Crippen LogP contribution in [0.15, 0.2) is 72.8 Å². The fourth-order valence-corrected chi connectivity index (χ4v) is 7.32. The number of nitrogens with zero attached hydrogens (tertiary/aromatic N) is 2. The summed E-state index contributed by atoms with van der Waals surface area (Å²) in [6.07, 6.45) is 5.00. The van der Waals surface area contributed by atoms with E-state index in [1.165, 1.54) is 97.1 Å². The Morgan fingerprint density at radius 1 is 0.317 bits per heavy atom. The Bertz CT molecular complexity index is 2990. The summed E-state index contributed by atoms with van der Waals surface area (Å²) in [5, 5.41) is 22.1.